The van der Waals surface area contributed by atoms with Crippen molar-refractivity contribution >= 4 is 11.6 Å². The molecule has 0 fully saturated rings. The number of carbonyl (C=O) groups is 1. The molecule has 1 aromatic carbocycles. The number of aryl methyl sites for hydroxylation is 1. The Kier molecular flexibility index (Phi) is 6.67. The zero-order valence-electron chi connectivity index (χ0n) is 13.5. The molecular weight excluding hydrogens is 258 g/mol. The van der Waals surface area contributed by atoms with Crippen molar-refractivity contribution in [2.75, 3.05) is 4.90 Å². The fraction of sp³-hybridized carbons (Fsp3) is 0.316. The number of benzene rings is 1. The average Bonchev–Trinajstić information content (AvgIpc) is 2.45. The summed E-state index contributed by atoms with van der Waals surface area (Å²) < 4.78 is 0. The van der Waals surface area contributed by atoms with Crippen LogP contribution in [0.5, 0.6) is 0 Å². The third-order valence-corrected chi connectivity index (χ3v) is 3.48. The van der Waals surface area contributed by atoms with Gasteiger partial charge in [0.25, 0.3) is 0 Å². The summed E-state index contributed by atoms with van der Waals surface area (Å²) in [5.74, 6) is 0.0613. The Morgan fingerprint density at radius 2 is 1.86 bits per heavy atom. The second-order valence-electron chi connectivity index (χ2n) is 5.18. The smallest absolute Gasteiger partial charge is 0.224 e. The van der Waals surface area contributed by atoms with Gasteiger partial charge in [-0.25, -0.2) is 0 Å². The van der Waals surface area contributed by atoms with E-state index in [1.165, 1.54) is 5.56 Å². The number of anilines is 1. The summed E-state index contributed by atoms with van der Waals surface area (Å²) in [5, 5.41) is 0. The van der Waals surface area contributed by atoms with E-state index >= 15 is 0 Å². The summed E-state index contributed by atoms with van der Waals surface area (Å²) in [6, 6.07) is 8.15. The van der Waals surface area contributed by atoms with Crippen molar-refractivity contribution < 1.29 is 4.79 Å². The van der Waals surface area contributed by atoms with Crippen LogP contribution in [0.4, 0.5) is 5.69 Å². The molecule has 1 aromatic rings. The molecule has 0 aromatic heterocycles. The Balaban J connectivity index is 3.14. The maximum absolute atomic E-state index is 12.1. The van der Waals surface area contributed by atoms with Crippen LogP contribution in [-0.4, -0.2) is 11.9 Å². The van der Waals surface area contributed by atoms with Gasteiger partial charge in [0.15, 0.2) is 0 Å². The highest BCUT2D eigenvalue weighted by atomic mass is 16.2. The van der Waals surface area contributed by atoms with Crippen molar-refractivity contribution in [3.63, 3.8) is 0 Å². The van der Waals surface area contributed by atoms with Crippen LogP contribution >= 0.6 is 0 Å². The molecule has 0 N–H and O–H groups in total. The first-order valence-electron chi connectivity index (χ1n) is 7.33. The molecule has 112 valence electrons. The van der Waals surface area contributed by atoms with Gasteiger partial charge in [0.2, 0.25) is 5.91 Å². The third kappa shape index (κ3) is 4.75. The minimum Gasteiger partial charge on any atom is -0.306 e. The first-order valence-corrected chi connectivity index (χ1v) is 7.33. The van der Waals surface area contributed by atoms with Gasteiger partial charge in [-0.2, -0.15) is 0 Å². The monoisotopic (exact) mass is 283 g/mol. The SMILES string of the molecule is C=C/C=C\C=C(/C)C(CC)N(C(C)=O)c1ccc(C)cc1. The van der Waals surface area contributed by atoms with Gasteiger partial charge in [-0.15, -0.1) is 0 Å². The number of hydrogen-bond acceptors (Lipinski definition) is 1. The number of hydrogen-bond donors (Lipinski definition) is 0. The number of allylic oxidation sites excluding steroid dienone is 4. The van der Waals surface area contributed by atoms with Crippen LogP contribution in [0.3, 0.4) is 0 Å². The van der Waals surface area contributed by atoms with Crippen molar-refractivity contribution in [2.45, 2.75) is 40.2 Å². The molecule has 0 aliphatic rings. The lowest BCUT2D eigenvalue weighted by molar-refractivity contribution is -0.116. The molecule has 1 amide bonds. The largest absolute Gasteiger partial charge is 0.306 e. The lowest BCUT2D eigenvalue weighted by Crippen LogP contribution is -2.39. The molecule has 0 saturated carbocycles. The van der Waals surface area contributed by atoms with Crippen molar-refractivity contribution in [1.29, 1.82) is 0 Å². The number of rotatable bonds is 6. The molecule has 0 aliphatic carbocycles. The Bertz CT molecular complexity index is 537. The zero-order valence-corrected chi connectivity index (χ0v) is 13.5. The predicted molar refractivity (Wildman–Crippen MR) is 91.5 cm³/mol. The van der Waals surface area contributed by atoms with Crippen LogP contribution < -0.4 is 4.90 Å². The first-order chi connectivity index (χ1) is 10.0. The lowest BCUT2D eigenvalue weighted by atomic mass is 10.0. The quantitative estimate of drug-likeness (QED) is 0.686. The molecule has 1 atom stereocenters. The first kappa shape index (κ1) is 17.0. The Hall–Kier alpha value is -2.09. The third-order valence-electron chi connectivity index (χ3n) is 3.48. The van der Waals surface area contributed by atoms with Gasteiger partial charge in [0, 0.05) is 12.6 Å². The van der Waals surface area contributed by atoms with Crippen molar-refractivity contribution in [3.05, 3.63) is 66.3 Å². The van der Waals surface area contributed by atoms with E-state index in [1.54, 1.807) is 13.0 Å². The van der Waals surface area contributed by atoms with E-state index in [1.807, 2.05) is 54.3 Å². The molecule has 21 heavy (non-hydrogen) atoms. The fourth-order valence-electron chi connectivity index (χ4n) is 2.39. The number of carbonyl (C=O) groups excluding carboxylic acids is 1. The maximum Gasteiger partial charge on any atom is 0.224 e. The van der Waals surface area contributed by atoms with Gasteiger partial charge in [-0.1, -0.05) is 61.1 Å². The second kappa shape index (κ2) is 8.25. The standard InChI is InChI=1S/C19H25NO/c1-6-8-9-10-16(4)19(7-2)20(17(5)21)18-13-11-15(3)12-14-18/h6,8-14,19H,1,7H2,2-5H3/b9-8-,16-10+. The summed E-state index contributed by atoms with van der Waals surface area (Å²) in [6.45, 7) is 11.5. The van der Waals surface area contributed by atoms with Crippen LogP contribution in [0.15, 0.2) is 60.7 Å². The molecule has 1 unspecified atom stereocenters. The average molecular weight is 283 g/mol. The molecule has 0 spiro atoms. The Labute approximate surface area is 128 Å². The second-order valence-corrected chi connectivity index (χ2v) is 5.18. The highest BCUT2D eigenvalue weighted by Crippen LogP contribution is 2.24. The Morgan fingerprint density at radius 3 is 2.33 bits per heavy atom. The molecule has 2 nitrogen and oxygen atoms in total. The minimum absolute atomic E-state index is 0.0613. The molecule has 0 radical (unpaired) electrons. The molecule has 0 heterocycles. The summed E-state index contributed by atoms with van der Waals surface area (Å²) in [6.07, 6.45) is 8.50. The predicted octanol–water partition coefficient (Wildman–Crippen LogP) is 4.82. The van der Waals surface area contributed by atoms with Gasteiger partial charge in [-0.05, 0) is 32.4 Å². The van der Waals surface area contributed by atoms with Crippen LogP contribution in [0.2, 0.25) is 0 Å². The van der Waals surface area contributed by atoms with E-state index in [0.29, 0.717) is 0 Å². The van der Waals surface area contributed by atoms with Gasteiger partial charge in [0.05, 0.1) is 6.04 Å². The van der Waals surface area contributed by atoms with E-state index in [0.717, 1.165) is 17.7 Å². The summed E-state index contributed by atoms with van der Waals surface area (Å²) in [5.41, 5.74) is 3.29. The Morgan fingerprint density at radius 1 is 1.24 bits per heavy atom. The molecule has 0 aliphatic heterocycles. The van der Waals surface area contributed by atoms with Gasteiger partial charge >= 0.3 is 0 Å². The van der Waals surface area contributed by atoms with E-state index in [9.17, 15) is 4.79 Å². The minimum atomic E-state index is 0.0613. The van der Waals surface area contributed by atoms with E-state index in [2.05, 4.69) is 20.4 Å². The maximum atomic E-state index is 12.1. The van der Waals surface area contributed by atoms with E-state index in [-0.39, 0.29) is 11.9 Å². The topological polar surface area (TPSA) is 20.3 Å². The molecular formula is C19H25NO. The van der Waals surface area contributed by atoms with E-state index in [4.69, 9.17) is 0 Å². The molecule has 1 rings (SSSR count). The zero-order chi connectivity index (χ0) is 15.8. The van der Waals surface area contributed by atoms with E-state index < -0.39 is 0 Å². The van der Waals surface area contributed by atoms with Crippen LogP contribution in [0.1, 0.15) is 32.8 Å². The highest BCUT2D eigenvalue weighted by molar-refractivity contribution is 5.92. The van der Waals surface area contributed by atoms with Gasteiger partial charge < -0.3 is 4.90 Å². The van der Waals surface area contributed by atoms with Crippen molar-refractivity contribution in [1.82, 2.24) is 0 Å². The van der Waals surface area contributed by atoms with Crippen LogP contribution in [0, 0.1) is 6.92 Å². The molecule has 0 saturated heterocycles. The molecule has 2 heteroatoms. The normalized spacial score (nSPS) is 13.2. The summed E-state index contributed by atoms with van der Waals surface area (Å²) in [4.78, 5) is 14.0. The van der Waals surface area contributed by atoms with Crippen molar-refractivity contribution in [3.8, 4) is 0 Å². The molecule has 0 bridgehead atoms. The summed E-state index contributed by atoms with van der Waals surface area (Å²) in [7, 11) is 0. The summed E-state index contributed by atoms with van der Waals surface area (Å²) >= 11 is 0. The van der Waals surface area contributed by atoms with Crippen LogP contribution in [0.25, 0.3) is 0 Å². The number of nitrogens with zero attached hydrogens (tertiary/aromatic N) is 1. The highest BCUT2D eigenvalue weighted by Gasteiger charge is 2.22. The van der Waals surface area contributed by atoms with Gasteiger partial charge in [0.1, 0.15) is 0 Å². The lowest BCUT2D eigenvalue weighted by Gasteiger charge is -2.31. The fourth-order valence-corrected chi connectivity index (χ4v) is 2.39. The van der Waals surface area contributed by atoms with Crippen LogP contribution in [-0.2, 0) is 4.79 Å². The van der Waals surface area contributed by atoms with Crippen molar-refractivity contribution in [2.24, 2.45) is 0 Å². The van der Waals surface area contributed by atoms with Gasteiger partial charge in [-0.3, -0.25) is 4.79 Å². The number of amides is 1.